The molecule has 0 spiro atoms. The Kier molecular flexibility index (Phi) is 6.24. The summed E-state index contributed by atoms with van der Waals surface area (Å²) in [5.41, 5.74) is 1.28. The number of carboxylic acid groups (broad SMARTS) is 1. The zero-order valence-electron chi connectivity index (χ0n) is 18.2. The predicted molar refractivity (Wildman–Crippen MR) is 115 cm³/mol. The largest absolute Gasteiger partial charge is 0.493 e. The summed E-state index contributed by atoms with van der Waals surface area (Å²) in [6, 6.07) is 10.4. The highest BCUT2D eigenvalue weighted by Gasteiger charge is 2.41. The maximum Gasteiger partial charge on any atom is 0.331 e. The number of hydrogen-bond acceptors (Lipinski definition) is 6. The lowest BCUT2D eigenvalue weighted by atomic mass is 9.90. The van der Waals surface area contributed by atoms with E-state index >= 15 is 0 Å². The molecule has 0 aromatic heterocycles. The molecule has 0 amide bonds. The first-order valence-corrected chi connectivity index (χ1v) is 9.79. The lowest BCUT2D eigenvalue weighted by molar-refractivity contribution is -0.148. The summed E-state index contributed by atoms with van der Waals surface area (Å²) >= 11 is 0. The van der Waals surface area contributed by atoms with Crippen LogP contribution in [0.4, 0.5) is 0 Å². The number of fused-ring (bicyclic) bond motifs is 1. The van der Waals surface area contributed by atoms with Gasteiger partial charge in [0.15, 0.2) is 11.5 Å². The second-order valence-corrected chi connectivity index (χ2v) is 8.13. The third kappa shape index (κ3) is 4.99. The van der Waals surface area contributed by atoms with Crippen LogP contribution in [-0.4, -0.2) is 36.9 Å². The van der Waals surface area contributed by atoms with Crippen molar-refractivity contribution in [2.75, 3.05) is 14.2 Å². The van der Waals surface area contributed by atoms with Crippen molar-refractivity contribution in [2.24, 2.45) is 0 Å². The van der Waals surface area contributed by atoms with E-state index in [1.54, 1.807) is 63.2 Å². The Bertz CT molecular complexity index is 1020. The van der Waals surface area contributed by atoms with E-state index in [0.29, 0.717) is 33.9 Å². The normalized spacial score (nSPS) is 17.7. The maximum absolute atomic E-state index is 12.1. The van der Waals surface area contributed by atoms with Crippen molar-refractivity contribution in [3.05, 3.63) is 59.2 Å². The van der Waals surface area contributed by atoms with Crippen LogP contribution in [0.5, 0.6) is 17.2 Å². The molecule has 0 fully saturated rings. The second kappa shape index (κ2) is 8.71. The molecule has 1 heterocycles. The van der Waals surface area contributed by atoms with Crippen molar-refractivity contribution in [1.82, 2.24) is 0 Å². The van der Waals surface area contributed by atoms with Crippen LogP contribution in [0.15, 0.2) is 42.5 Å². The number of benzene rings is 2. The summed E-state index contributed by atoms with van der Waals surface area (Å²) in [5.74, 6) is -0.869. The monoisotopic (exact) mass is 426 g/mol. The average molecular weight is 426 g/mol. The zero-order chi connectivity index (χ0) is 22.8. The molecule has 0 saturated carbocycles. The number of carboxylic acids is 1. The fourth-order valence-electron chi connectivity index (χ4n) is 3.44. The number of esters is 1. The standard InChI is InChI=1S/C24H26O7/c1-24(2,3)31-20(25)11-7-14-6-9-17-16(12-14)21(23(26)27)22(30-17)15-8-10-18(28-4)19(13-15)29-5/h6-13,21-22H,1-5H3,(H,26,27)/b11-7+/t21-,22+/m1/s1. The van der Waals surface area contributed by atoms with Crippen molar-refractivity contribution in [1.29, 1.82) is 0 Å². The van der Waals surface area contributed by atoms with E-state index in [0.717, 1.165) is 0 Å². The molecule has 3 rings (SSSR count). The van der Waals surface area contributed by atoms with Gasteiger partial charge in [0.05, 0.1) is 14.2 Å². The van der Waals surface area contributed by atoms with E-state index in [-0.39, 0.29) is 0 Å². The van der Waals surface area contributed by atoms with Crippen LogP contribution in [0.25, 0.3) is 6.08 Å². The van der Waals surface area contributed by atoms with Gasteiger partial charge >= 0.3 is 11.9 Å². The van der Waals surface area contributed by atoms with Crippen molar-refractivity contribution in [2.45, 2.75) is 38.4 Å². The van der Waals surface area contributed by atoms with Gasteiger partial charge in [0.1, 0.15) is 23.4 Å². The molecule has 0 unspecified atom stereocenters. The van der Waals surface area contributed by atoms with Gasteiger partial charge in [0.2, 0.25) is 0 Å². The summed E-state index contributed by atoms with van der Waals surface area (Å²) in [6.07, 6.45) is 2.19. The van der Waals surface area contributed by atoms with Crippen LogP contribution in [0, 0.1) is 0 Å². The minimum absolute atomic E-state index is 0.470. The smallest absolute Gasteiger partial charge is 0.331 e. The molecule has 31 heavy (non-hydrogen) atoms. The van der Waals surface area contributed by atoms with Gasteiger partial charge in [-0.2, -0.15) is 0 Å². The van der Waals surface area contributed by atoms with Crippen molar-refractivity contribution in [3.63, 3.8) is 0 Å². The van der Waals surface area contributed by atoms with Crippen LogP contribution in [0.1, 0.15) is 49.5 Å². The minimum Gasteiger partial charge on any atom is -0.493 e. The van der Waals surface area contributed by atoms with Gasteiger partial charge in [-0.05, 0) is 62.2 Å². The molecule has 7 nitrogen and oxygen atoms in total. The lowest BCUT2D eigenvalue weighted by Crippen LogP contribution is -2.22. The summed E-state index contributed by atoms with van der Waals surface area (Å²) in [7, 11) is 3.05. The first-order valence-electron chi connectivity index (χ1n) is 9.79. The van der Waals surface area contributed by atoms with E-state index in [1.165, 1.54) is 20.3 Å². The van der Waals surface area contributed by atoms with Gasteiger partial charge in [0.25, 0.3) is 0 Å². The van der Waals surface area contributed by atoms with Crippen LogP contribution in [0.2, 0.25) is 0 Å². The molecule has 2 aromatic rings. The summed E-state index contributed by atoms with van der Waals surface area (Å²) in [4.78, 5) is 24.1. The zero-order valence-corrected chi connectivity index (χ0v) is 18.2. The van der Waals surface area contributed by atoms with Crippen LogP contribution >= 0.6 is 0 Å². The summed E-state index contributed by atoms with van der Waals surface area (Å²) in [5, 5.41) is 9.93. The Balaban J connectivity index is 1.90. The van der Waals surface area contributed by atoms with Crippen LogP contribution in [0.3, 0.4) is 0 Å². The molecule has 1 aliphatic heterocycles. The second-order valence-electron chi connectivity index (χ2n) is 8.13. The van der Waals surface area contributed by atoms with E-state index < -0.39 is 29.6 Å². The van der Waals surface area contributed by atoms with E-state index in [1.807, 2.05) is 0 Å². The van der Waals surface area contributed by atoms with Crippen LogP contribution < -0.4 is 14.2 Å². The molecule has 0 bridgehead atoms. The highest BCUT2D eigenvalue weighted by molar-refractivity contribution is 5.87. The quantitative estimate of drug-likeness (QED) is 0.542. The number of carbonyl (C=O) groups excluding carboxylic acids is 1. The number of hydrogen-bond donors (Lipinski definition) is 1. The molecule has 7 heteroatoms. The third-order valence-electron chi connectivity index (χ3n) is 4.75. The first kappa shape index (κ1) is 22.2. The molecule has 0 saturated heterocycles. The summed E-state index contributed by atoms with van der Waals surface area (Å²) < 4.78 is 21.8. The molecule has 0 radical (unpaired) electrons. The Hall–Kier alpha value is -3.48. The van der Waals surface area contributed by atoms with Crippen molar-refractivity contribution in [3.8, 4) is 17.2 Å². The number of methoxy groups -OCH3 is 2. The molecule has 164 valence electrons. The van der Waals surface area contributed by atoms with Crippen molar-refractivity contribution < 1.29 is 33.6 Å². The van der Waals surface area contributed by atoms with Gasteiger partial charge in [-0.25, -0.2) is 4.79 Å². The van der Waals surface area contributed by atoms with Crippen molar-refractivity contribution >= 4 is 18.0 Å². The van der Waals surface area contributed by atoms with E-state index in [2.05, 4.69) is 0 Å². The number of ether oxygens (including phenoxy) is 4. The molecule has 1 aliphatic rings. The molecule has 0 aliphatic carbocycles. The van der Waals surface area contributed by atoms with E-state index in [9.17, 15) is 14.7 Å². The SMILES string of the molecule is COc1ccc([C@@H]2Oc3ccc(/C=C/C(=O)OC(C)(C)C)cc3[C@H]2C(=O)O)cc1OC. The molecular formula is C24H26O7. The Morgan fingerprint density at radius 2 is 1.74 bits per heavy atom. The minimum atomic E-state index is -1.01. The number of rotatable bonds is 6. The first-order chi connectivity index (χ1) is 14.6. The average Bonchev–Trinajstić information content (AvgIpc) is 3.09. The Labute approximate surface area is 181 Å². The fourth-order valence-corrected chi connectivity index (χ4v) is 3.44. The van der Waals surface area contributed by atoms with E-state index in [4.69, 9.17) is 18.9 Å². The topological polar surface area (TPSA) is 91.3 Å². The number of carbonyl (C=O) groups is 2. The van der Waals surface area contributed by atoms with Gasteiger partial charge in [0, 0.05) is 11.6 Å². The Morgan fingerprint density at radius 1 is 1.03 bits per heavy atom. The van der Waals surface area contributed by atoms with Gasteiger partial charge in [-0.1, -0.05) is 12.1 Å². The third-order valence-corrected chi connectivity index (χ3v) is 4.75. The predicted octanol–water partition coefficient (Wildman–Crippen LogP) is 4.36. The van der Waals surface area contributed by atoms with Gasteiger partial charge in [-0.15, -0.1) is 0 Å². The fraction of sp³-hybridized carbons (Fsp3) is 0.333. The van der Waals surface area contributed by atoms with Crippen LogP contribution in [-0.2, 0) is 14.3 Å². The lowest BCUT2D eigenvalue weighted by Gasteiger charge is -2.18. The molecule has 2 atom stereocenters. The summed E-state index contributed by atoms with van der Waals surface area (Å²) in [6.45, 7) is 5.37. The molecular weight excluding hydrogens is 400 g/mol. The highest BCUT2D eigenvalue weighted by Crippen LogP contribution is 2.47. The molecule has 1 N–H and O–H groups in total. The molecule has 2 aromatic carbocycles. The van der Waals surface area contributed by atoms with Gasteiger partial charge < -0.3 is 24.1 Å². The van der Waals surface area contributed by atoms with Gasteiger partial charge in [-0.3, -0.25) is 4.79 Å². The highest BCUT2D eigenvalue weighted by atomic mass is 16.6. The Morgan fingerprint density at radius 3 is 2.35 bits per heavy atom. The maximum atomic E-state index is 12.1. The number of aliphatic carboxylic acids is 1.